The van der Waals surface area contributed by atoms with E-state index in [-0.39, 0.29) is 0 Å². The van der Waals surface area contributed by atoms with Crippen LogP contribution in [0.5, 0.6) is 0 Å². The third-order valence-corrected chi connectivity index (χ3v) is 5.03. The van der Waals surface area contributed by atoms with Crippen LogP contribution in [0.15, 0.2) is 30.3 Å². The number of morpholine rings is 1. The van der Waals surface area contributed by atoms with E-state index < -0.39 is 0 Å². The van der Waals surface area contributed by atoms with Crippen molar-refractivity contribution in [3.63, 3.8) is 0 Å². The molecule has 3 aromatic rings. The Kier molecular flexibility index (Phi) is 3.38. The lowest BCUT2D eigenvalue weighted by molar-refractivity contribution is 0.122. The Morgan fingerprint density at radius 2 is 1.92 bits per heavy atom. The molecule has 2 aromatic heterocycles. The maximum absolute atomic E-state index is 5.47. The molecule has 1 fully saturated rings. The quantitative estimate of drug-likeness (QED) is 0.780. The van der Waals surface area contributed by atoms with Crippen LogP contribution in [0, 0.1) is 6.92 Å². The number of nitrogens with one attached hydrogen (secondary N) is 1. The number of nitrogens with zero attached hydrogens (tertiary/aromatic N) is 4. The van der Waals surface area contributed by atoms with E-state index in [1.54, 1.807) is 0 Å². The zero-order chi connectivity index (χ0) is 16.8. The van der Waals surface area contributed by atoms with Crippen LogP contribution >= 0.6 is 0 Å². The van der Waals surface area contributed by atoms with Crippen LogP contribution in [0.3, 0.4) is 0 Å². The van der Waals surface area contributed by atoms with Gasteiger partial charge < -0.3 is 19.5 Å². The second-order valence-electron chi connectivity index (χ2n) is 6.69. The minimum Gasteiger partial charge on any atom is -0.378 e. The summed E-state index contributed by atoms with van der Waals surface area (Å²) >= 11 is 0. The maximum atomic E-state index is 5.47. The molecular formula is C19H21N5O. The molecule has 1 aromatic carbocycles. The first-order chi connectivity index (χ1) is 12.3. The van der Waals surface area contributed by atoms with Crippen molar-refractivity contribution in [3.05, 3.63) is 41.6 Å². The van der Waals surface area contributed by atoms with Crippen LogP contribution < -0.4 is 9.80 Å². The molecule has 2 aliphatic rings. The van der Waals surface area contributed by atoms with Gasteiger partial charge in [-0.25, -0.2) is 0 Å². The number of H-pyrrole nitrogens is 1. The predicted molar refractivity (Wildman–Crippen MR) is 98.8 cm³/mol. The molecule has 5 rings (SSSR count). The minimum absolute atomic E-state index is 0.729. The van der Waals surface area contributed by atoms with Crippen molar-refractivity contribution in [3.8, 4) is 0 Å². The largest absolute Gasteiger partial charge is 0.378 e. The number of hydrogen-bond donors (Lipinski definition) is 1. The third-order valence-electron chi connectivity index (χ3n) is 5.03. The fourth-order valence-corrected chi connectivity index (χ4v) is 3.78. The van der Waals surface area contributed by atoms with Gasteiger partial charge in [0.1, 0.15) is 11.5 Å². The molecule has 2 aliphatic heterocycles. The standard InChI is InChI=1S/C19H21N5O/c1-13-12-15-17(20-13)21-19(23-8-10-25-11-9-23)22-18(15)24-7-6-14-4-2-3-5-16(14)24/h2-5,12H,6-11H2,1H3,(H,20,21,22). The van der Waals surface area contributed by atoms with Crippen molar-refractivity contribution in [1.29, 1.82) is 0 Å². The number of aromatic nitrogens is 3. The van der Waals surface area contributed by atoms with Crippen LogP contribution in [0.2, 0.25) is 0 Å². The molecule has 0 unspecified atom stereocenters. The second-order valence-corrected chi connectivity index (χ2v) is 6.69. The lowest BCUT2D eigenvalue weighted by Crippen LogP contribution is -2.37. The van der Waals surface area contributed by atoms with Crippen LogP contribution in [0.1, 0.15) is 11.3 Å². The number of hydrogen-bond acceptors (Lipinski definition) is 5. The van der Waals surface area contributed by atoms with E-state index in [4.69, 9.17) is 14.7 Å². The molecule has 0 atom stereocenters. The van der Waals surface area contributed by atoms with Crippen LogP contribution in [-0.2, 0) is 11.2 Å². The van der Waals surface area contributed by atoms with Crippen molar-refractivity contribution in [1.82, 2.24) is 15.0 Å². The summed E-state index contributed by atoms with van der Waals surface area (Å²) in [5.74, 6) is 1.79. The average molecular weight is 335 g/mol. The number of para-hydroxylation sites is 1. The van der Waals surface area contributed by atoms with Gasteiger partial charge in [-0.2, -0.15) is 9.97 Å². The molecule has 4 heterocycles. The number of fused-ring (bicyclic) bond motifs is 2. The van der Waals surface area contributed by atoms with Crippen molar-refractivity contribution in [2.75, 3.05) is 42.6 Å². The minimum atomic E-state index is 0.729. The smallest absolute Gasteiger partial charge is 0.229 e. The van der Waals surface area contributed by atoms with Gasteiger partial charge in [-0.15, -0.1) is 0 Å². The van der Waals surface area contributed by atoms with E-state index in [9.17, 15) is 0 Å². The molecule has 6 nitrogen and oxygen atoms in total. The molecule has 128 valence electrons. The number of aryl methyl sites for hydroxylation is 1. The molecule has 25 heavy (non-hydrogen) atoms. The highest BCUT2D eigenvalue weighted by Crippen LogP contribution is 2.37. The van der Waals surface area contributed by atoms with Crippen molar-refractivity contribution < 1.29 is 4.74 Å². The fraction of sp³-hybridized carbons (Fsp3) is 0.368. The van der Waals surface area contributed by atoms with Gasteiger partial charge in [0.05, 0.1) is 18.6 Å². The summed E-state index contributed by atoms with van der Waals surface area (Å²) in [5, 5.41) is 1.09. The van der Waals surface area contributed by atoms with Gasteiger partial charge in [0.15, 0.2) is 0 Å². The lowest BCUT2D eigenvalue weighted by atomic mass is 10.2. The normalized spacial score (nSPS) is 17.3. The zero-order valence-electron chi connectivity index (χ0n) is 14.3. The molecule has 6 heteroatoms. The van der Waals surface area contributed by atoms with E-state index in [0.29, 0.717) is 0 Å². The SMILES string of the molecule is Cc1cc2c(N3CCc4ccccc43)nc(N3CCOCC3)nc2[nH]1. The van der Waals surface area contributed by atoms with Crippen LogP contribution in [0.4, 0.5) is 17.5 Å². The lowest BCUT2D eigenvalue weighted by Gasteiger charge is -2.28. The molecule has 0 aliphatic carbocycles. The maximum Gasteiger partial charge on any atom is 0.229 e. The summed E-state index contributed by atoms with van der Waals surface area (Å²) in [6.45, 7) is 6.15. The number of aromatic amines is 1. The second kappa shape index (κ2) is 5.74. The van der Waals surface area contributed by atoms with Crippen molar-refractivity contribution in [2.24, 2.45) is 0 Å². The predicted octanol–water partition coefficient (Wildman–Crippen LogP) is 2.80. The monoisotopic (exact) mass is 335 g/mol. The van der Waals surface area contributed by atoms with Gasteiger partial charge in [-0.05, 0) is 31.0 Å². The Labute approximate surface area is 146 Å². The Morgan fingerprint density at radius 1 is 1.08 bits per heavy atom. The molecule has 0 radical (unpaired) electrons. The summed E-state index contributed by atoms with van der Waals surface area (Å²) < 4.78 is 5.47. The van der Waals surface area contributed by atoms with Gasteiger partial charge in [0.2, 0.25) is 5.95 Å². The number of ether oxygens (including phenoxy) is 1. The Balaban J connectivity index is 1.66. The van der Waals surface area contributed by atoms with E-state index in [1.807, 2.05) is 0 Å². The van der Waals surface area contributed by atoms with Crippen LogP contribution in [0.25, 0.3) is 11.0 Å². The van der Waals surface area contributed by atoms with Gasteiger partial charge >= 0.3 is 0 Å². The van der Waals surface area contributed by atoms with Crippen LogP contribution in [-0.4, -0.2) is 47.8 Å². The van der Waals surface area contributed by atoms with Crippen molar-refractivity contribution in [2.45, 2.75) is 13.3 Å². The summed E-state index contributed by atoms with van der Waals surface area (Å²) in [7, 11) is 0. The first-order valence-electron chi connectivity index (χ1n) is 8.85. The highest BCUT2D eigenvalue weighted by Gasteiger charge is 2.25. The molecular weight excluding hydrogens is 314 g/mol. The molecule has 0 amide bonds. The van der Waals surface area contributed by atoms with Gasteiger partial charge in [0, 0.05) is 31.0 Å². The summed E-state index contributed by atoms with van der Waals surface area (Å²) in [5.41, 5.74) is 4.66. The highest BCUT2D eigenvalue weighted by atomic mass is 16.5. The Hall–Kier alpha value is -2.60. The number of benzene rings is 1. The molecule has 1 N–H and O–H groups in total. The zero-order valence-corrected chi connectivity index (χ0v) is 14.3. The van der Waals surface area contributed by atoms with E-state index >= 15 is 0 Å². The Bertz CT molecular complexity index is 929. The first-order valence-corrected chi connectivity index (χ1v) is 8.85. The van der Waals surface area contributed by atoms with E-state index in [2.05, 4.69) is 52.0 Å². The summed E-state index contributed by atoms with van der Waals surface area (Å²) in [6, 6.07) is 10.7. The van der Waals surface area contributed by atoms with E-state index in [1.165, 1.54) is 11.3 Å². The third kappa shape index (κ3) is 2.44. The Morgan fingerprint density at radius 3 is 2.80 bits per heavy atom. The average Bonchev–Trinajstić information content (AvgIpc) is 3.24. The fourth-order valence-electron chi connectivity index (χ4n) is 3.78. The summed E-state index contributed by atoms with van der Waals surface area (Å²) in [4.78, 5) is 17.7. The van der Waals surface area contributed by atoms with Crippen molar-refractivity contribution >= 4 is 28.5 Å². The summed E-state index contributed by atoms with van der Waals surface area (Å²) in [6.07, 6.45) is 1.05. The number of rotatable bonds is 2. The topological polar surface area (TPSA) is 57.3 Å². The van der Waals surface area contributed by atoms with Gasteiger partial charge in [0.25, 0.3) is 0 Å². The molecule has 0 saturated carbocycles. The van der Waals surface area contributed by atoms with Gasteiger partial charge in [-0.3, -0.25) is 0 Å². The van der Waals surface area contributed by atoms with Gasteiger partial charge in [-0.1, -0.05) is 18.2 Å². The molecule has 0 bridgehead atoms. The highest BCUT2D eigenvalue weighted by molar-refractivity contribution is 5.92. The number of anilines is 3. The van der Waals surface area contributed by atoms with E-state index in [0.717, 1.165) is 67.8 Å². The molecule has 0 spiro atoms. The molecule has 1 saturated heterocycles. The first kappa shape index (κ1) is 14.7.